The lowest BCUT2D eigenvalue weighted by Gasteiger charge is -2.24. The van der Waals surface area contributed by atoms with Gasteiger partial charge in [-0.2, -0.15) is 0 Å². The van der Waals surface area contributed by atoms with Crippen LogP contribution < -0.4 is 0 Å². The van der Waals surface area contributed by atoms with E-state index in [1.807, 2.05) is 25.1 Å². The molecule has 0 saturated heterocycles. The highest BCUT2D eigenvalue weighted by Gasteiger charge is 2.43. The zero-order valence-electron chi connectivity index (χ0n) is 14.5. The van der Waals surface area contributed by atoms with Crippen molar-refractivity contribution in [3.05, 3.63) is 70.7 Å². The van der Waals surface area contributed by atoms with E-state index in [0.717, 1.165) is 22.2 Å². The number of hydrogen-bond acceptors (Lipinski definition) is 3. The van der Waals surface area contributed by atoms with Crippen molar-refractivity contribution in [2.45, 2.75) is 32.1 Å². The van der Waals surface area contributed by atoms with Gasteiger partial charge in [0.15, 0.2) is 5.58 Å². The number of carboxylic acid groups (broad SMARTS) is 1. The van der Waals surface area contributed by atoms with Gasteiger partial charge in [-0.05, 0) is 67.2 Å². The summed E-state index contributed by atoms with van der Waals surface area (Å²) in [7, 11) is 0. The van der Waals surface area contributed by atoms with Crippen molar-refractivity contribution in [2.75, 3.05) is 0 Å². The van der Waals surface area contributed by atoms with Gasteiger partial charge in [0, 0.05) is 5.39 Å². The average molecular weight is 351 g/mol. The van der Waals surface area contributed by atoms with E-state index >= 15 is 0 Å². The summed E-state index contributed by atoms with van der Waals surface area (Å²) < 4.78 is 19.3. The Labute approximate surface area is 149 Å². The van der Waals surface area contributed by atoms with Crippen molar-refractivity contribution in [3.8, 4) is 0 Å². The zero-order chi connectivity index (χ0) is 18.5. The lowest BCUT2D eigenvalue weighted by Crippen LogP contribution is -2.32. The Kier molecular flexibility index (Phi) is 3.68. The van der Waals surface area contributed by atoms with Crippen molar-refractivity contribution in [2.24, 2.45) is 0 Å². The van der Waals surface area contributed by atoms with E-state index in [1.54, 1.807) is 25.1 Å². The summed E-state index contributed by atoms with van der Waals surface area (Å²) in [5.74, 6) is -1.34. The molecule has 1 unspecified atom stereocenters. The van der Waals surface area contributed by atoms with Gasteiger partial charge < -0.3 is 9.63 Å². The maximum atomic E-state index is 14.0. The topological polar surface area (TPSA) is 63.3 Å². The van der Waals surface area contributed by atoms with E-state index < -0.39 is 11.4 Å². The summed E-state index contributed by atoms with van der Waals surface area (Å²) in [6.07, 6.45) is 2.79. The molecular formula is C21H18FNO3. The highest BCUT2D eigenvalue weighted by molar-refractivity contribution is 5.91. The van der Waals surface area contributed by atoms with Gasteiger partial charge in [0.25, 0.3) is 0 Å². The largest absolute Gasteiger partial charge is 0.480 e. The molecule has 3 aromatic rings. The van der Waals surface area contributed by atoms with Crippen LogP contribution in [0.25, 0.3) is 16.5 Å². The van der Waals surface area contributed by atoms with E-state index in [1.165, 1.54) is 6.07 Å². The molecule has 0 spiro atoms. The van der Waals surface area contributed by atoms with Crippen molar-refractivity contribution in [1.82, 2.24) is 5.16 Å². The fraction of sp³-hybridized carbons (Fsp3) is 0.238. The van der Waals surface area contributed by atoms with Crippen molar-refractivity contribution < 1.29 is 18.8 Å². The molecule has 0 bridgehead atoms. The summed E-state index contributed by atoms with van der Waals surface area (Å²) in [5.41, 5.74) is 3.08. The number of fused-ring (bicyclic) bond motifs is 1. The van der Waals surface area contributed by atoms with Gasteiger partial charge in [0.05, 0.1) is 5.69 Å². The van der Waals surface area contributed by atoms with Gasteiger partial charge in [-0.25, -0.2) is 4.39 Å². The van der Waals surface area contributed by atoms with Crippen molar-refractivity contribution in [1.29, 1.82) is 0 Å². The fourth-order valence-electron chi connectivity index (χ4n) is 3.85. The Morgan fingerprint density at radius 3 is 2.85 bits per heavy atom. The molecule has 5 heteroatoms. The minimum atomic E-state index is -1.21. The maximum Gasteiger partial charge on any atom is 0.318 e. The predicted molar refractivity (Wildman–Crippen MR) is 96.4 cm³/mol. The summed E-state index contributed by atoms with van der Waals surface area (Å²) >= 11 is 0. The molecule has 0 radical (unpaired) electrons. The Hall–Kier alpha value is -2.95. The first kappa shape index (κ1) is 16.5. The summed E-state index contributed by atoms with van der Waals surface area (Å²) in [6.45, 7) is 3.50. The van der Waals surface area contributed by atoms with Crippen molar-refractivity contribution >= 4 is 22.5 Å². The molecule has 2 aromatic carbocycles. The van der Waals surface area contributed by atoms with Crippen LogP contribution in [0.3, 0.4) is 0 Å². The Balaban J connectivity index is 1.86. The summed E-state index contributed by atoms with van der Waals surface area (Å²) in [6, 6.07) is 10.4. The number of benzene rings is 2. The smallest absolute Gasteiger partial charge is 0.318 e. The Bertz CT molecular complexity index is 1070. The molecule has 4 nitrogen and oxygen atoms in total. The number of carboxylic acids is 1. The van der Waals surface area contributed by atoms with Crippen LogP contribution in [-0.4, -0.2) is 16.2 Å². The van der Waals surface area contributed by atoms with E-state index in [-0.39, 0.29) is 5.82 Å². The number of halogens is 1. The van der Waals surface area contributed by atoms with E-state index in [4.69, 9.17) is 4.52 Å². The number of hydrogen-bond donors (Lipinski definition) is 1. The van der Waals surface area contributed by atoms with Crippen molar-refractivity contribution in [3.63, 3.8) is 0 Å². The van der Waals surface area contributed by atoms with Crippen LogP contribution in [-0.2, 0) is 10.2 Å². The molecule has 26 heavy (non-hydrogen) atoms. The first-order valence-electron chi connectivity index (χ1n) is 8.49. The number of nitrogens with zero attached hydrogens (tertiary/aromatic N) is 1. The van der Waals surface area contributed by atoms with Crippen LogP contribution in [0.1, 0.15) is 35.2 Å². The molecule has 1 aliphatic rings. The van der Waals surface area contributed by atoms with Crippen LogP contribution in [0.4, 0.5) is 4.39 Å². The number of aliphatic carboxylic acids is 1. The van der Waals surface area contributed by atoms with E-state index in [9.17, 15) is 14.3 Å². The number of aromatic nitrogens is 1. The van der Waals surface area contributed by atoms with Crippen LogP contribution >= 0.6 is 0 Å². The lowest BCUT2D eigenvalue weighted by molar-refractivity contribution is -0.141. The molecular weight excluding hydrogens is 333 g/mol. The Morgan fingerprint density at radius 1 is 1.27 bits per heavy atom. The monoisotopic (exact) mass is 351 g/mol. The maximum absolute atomic E-state index is 14.0. The lowest BCUT2D eigenvalue weighted by atomic mass is 9.78. The molecule has 1 N–H and O–H groups in total. The average Bonchev–Trinajstić information content (AvgIpc) is 3.23. The first-order valence-corrected chi connectivity index (χ1v) is 8.49. The van der Waals surface area contributed by atoms with E-state index in [2.05, 4.69) is 5.16 Å². The normalized spacial score (nSPS) is 19.7. The second-order valence-electron chi connectivity index (χ2n) is 6.84. The zero-order valence-corrected chi connectivity index (χ0v) is 14.5. The van der Waals surface area contributed by atoms with Gasteiger partial charge in [-0.3, -0.25) is 4.79 Å². The summed E-state index contributed by atoms with van der Waals surface area (Å²) in [5, 5.41) is 14.9. The first-order chi connectivity index (χ1) is 12.4. The van der Waals surface area contributed by atoms with Gasteiger partial charge in [-0.1, -0.05) is 29.4 Å². The third-order valence-electron chi connectivity index (χ3n) is 5.36. The van der Waals surface area contributed by atoms with Gasteiger partial charge in [0.2, 0.25) is 0 Å². The molecule has 1 heterocycles. The second kappa shape index (κ2) is 5.80. The van der Waals surface area contributed by atoms with Crippen LogP contribution in [0.5, 0.6) is 0 Å². The van der Waals surface area contributed by atoms with Gasteiger partial charge in [0.1, 0.15) is 11.2 Å². The molecule has 0 fully saturated rings. The minimum Gasteiger partial charge on any atom is -0.480 e. The number of allylic oxidation sites excluding steroid dienone is 1. The number of carbonyl (C=O) groups is 1. The highest BCUT2D eigenvalue weighted by Crippen LogP contribution is 2.44. The highest BCUT2D eigenvalue weighted by atomic mass is 19.1. The van der Waals surface area contributed by atoms with Crippen LogP contribution in [0.2, 0.25) is 0 Å². The van der Waals surface area contributed by atoms with Gasteiger partial charge >= 0.3 is 5.97 Å². The third kappa shape index (κ3) is 2.35. The summed E-state index contributed by atoms with van der Waals surface area (Å²) in [4.78, 5) is 12.2. The minimum absolute atomic E-state index is 0.383. The molecule has 4 rings (SSSR count). The van der Waals surface area contributed by atoms with E-state index in [0.29, 0.717) is 29.6 Å². The molecule has 1 aromatic heterocycles. The Morgan fingerprint density at radius 2 is 2.08 bits per heavy atom. The molecule has 1 atom stereocenters. The molecule has 0 saturated carbocycles. The van der Waals surface area contributed by atoms with Crippen LogP contribution in [0, 0.1) is 19.7 Å². The number of aryl methyl sites for hydroxylation is 1. The quantitative estimate of drug-likeness (QED) is 0.737. The molecule has 0 aliphatic heterocycles. The molecule has 1 aliphatic carbocycles. The molecule has 132 valence electrons. The second-order valence-corrected chi connectivity index (χ2v) is 6.84. The molecule has 0 amide bonds. The number of rotatable bonds is 3. The van der Waals surface area contributed by atoms with Crippen LogP contribution in [0.15, 0.2) is 47.0 Å². The third-order valence-corrected chi connectivity index (χ3v) is 5.36. The van der Waals surface area contributed by atoms with Gasteiger partial charge in [-0.15, -0.1) is 0 Å². The predicted octanol–water partition coefficient (Wildman–Crippen LogP) is 4.78. The standard InChI is InChI=1S/C21H18FNO3/c1-12-17(4-3-5-18(12)22)21(20(24)25)9-8-15(11-21)14-6-7-19-16(10-14)13(2)23-26-19/h3-7,10-11H,8-9H2,1-2H3,(H,24,25). The SMILES string of the molecule is Cc1c(F)cccc1C1(C(=O)O)C=C(c2ccc3onc(C)c3c2)CC1. The fourth-order valence-corrected chi connectivity index (χ4v) is 3.85.